The third-order valence-corrected chi connectivity index (χ3v) is 6.69. The van der Waals surface area contributed by atoms with Crippen LogP contribution >= 0.6 is 0 Å². The molecule has 0 unspecified atom stereocenters. The van der Waals surface area contributed by atoms with E-state index in [1.165, 1.54) is 16.4 Å². The predicted molar refractivity (Wildman–Crippen MR) is 112 cm³/mol. The molecule has 1 aliphatic rings. The third-order valence-electron chi connectivity index (χ3n) is 4.80. The van der Waals surface area contributed by atoms with Crippen LogP contribution in [0.2, 0.25) is 0 Å². The maximum absolute atomic E-state index is 12.8. The Balaban J connectivity index is 1.74. The van der Waals surface area contributed by atoms with Crippen molar-refractivity contribution in [3.05, 3.63) is 48.2 Å². The number of sulfonamides is 1. The van der Waals surface area contributed by atoms with E-state index < -0.39 is 10.0 Å². The van der Waals surface area contributed by atoms with E-state index in [4.69, 9.17) is 4.74 Å². The lowest BCUT2D eigenvalue weighted by molar-refractivity contribution is 0.0730. The summed E-state index contributed by atoms with van der Waals surface area (Å²) in [7, 11) is -3.66. The lowest BCUT2D eigenvalue weighted by atomic mass is 10.2. The van der Waals surface area contributed by atoms with Gasteiger partial charge in [-0.1, -0.05) is 6.07 Å². The summed E-state index contributed by atoms with van der Waals surface area (Å²) in [6, 6.07) is 9.70. The van der Waals surface area contributed by atoms with Crippen LogP contribution in [0.5, 0.6) is 0 Å². The smallest absolute Gasteiger partial charge is 0.255 e. The molecule has 156 valence electrons. The van der Waals surface area contributed by atoms with E-state index in [1.54, 1.807) is 24.4 Å². The van der Waals surface area contributed by atoms with Gasteiger partial charge < -0.3 is 15.0 Å². The van der Waals surface area contributed by atoms with Crippen LogP contribution in [0.4, 0.5) is 11.5 Å². The number of rotatable bonds is 7. The topological polar surface area (TPSA) is 91.8 Å². The molecule has 0 atom stereocenters. The number of hydrogen-bond acceptors (Lipinski definition) is 6. The van der Waals surface area contributed by atoms with Gasteiger partial charge >= 0.3 is 0 Å². The van der Waals surface area contributed by atoms with E-state index >= 15 is 0 Å². The summed E-state index contributed by atoms with van der Waals surface area (Å²) in [4.78, 5) is 19.2. The molecule has 0 aliphatic carbocycles. The molecule has 0 spiro atoms. The number of morpholine rings is 1. The van der Waals surface area contributed by atoms with Gasteiger partial charge in [-0.3, -0.25) is 4.79 Å². The Labute approximate surface area is 171 Å². The van der Waals surface area contributed by atoms with Gasteiger partial charge in [0.2, 0.25) is 10.0 Å². The van der Waals surface area contributed by atoms with Gasteiger partial charge in [0.15, 0.2) is 0 Å². The van der Waals surface area contributed by atoms with Crippen molar-refractivity contribution in [3.63, 3.8) is 0 Å². The number of hydrogen-bond donors (Lipinski definition) is 1. The Morgan fingerprint density at radius 1 is 1.17 bits per heavy atom. The zero-order valence-electron chi connectivity index (χ0n) is 16.7. The van der Waals surface area contributed by atoms with Crippen LogP contribution < -0.4 is 10.2 Å². The summed E-state index contributed by atoms with van der Waals surface area (Å²) in [5, 5.41) is 2.77. The lowest BCUT2D eigenvalue weighted by Crippen LogP contribution is -2.40. The minimum atomic E-state index is -3.66. The fourth-order valence-corrected chi connectivity index (χ4v) is 4.59. The van der Waals surface area contributed by atoms with E-state index in [0.29, 0.717) is 32.0 Å². The average Bonchev–Trinajstić information content (AvgIpc) is 2.76. The van der Waals surface area contributed by atoms with E-state index in [0.717, 1.165) is 18.9 Å². The minimum absolute atomic E-state index is 0.0991. The van der Waals surface area contributed by atoms with Crippen molar-refractivity contribution < 1.29 is 17.9 Å². The van der Waals surface area contributed by atoms with Crippen LogP contribution in [-0.2, 0) is 14.8 Å². The highest BCUT2D eigenvalue weighted by Gasteiger charge is 2.26. The fraction of sp³-hybridized carbons (Fsp3) is 0.400. The number of nitrogens with one attached hydrogen (secondary N) is 1. The molecule has 1 amide bonds. The molecule has 1 fully saturated rings. The molecule has 29 heavy (non-hydrogen) atoms. The molecule has 9 heteroatoms. The fourth-order valence-electron chi connectivity index (χ4n) is 3.13. The summed E-state index contributed by atoms with van der Waals surface area (Å²) in [6.07, 6.45) is 1.60. The van der Waals surface area contributed by atoms with Crippen LogP contribution in [0, 0.1) is 0 Å². The normalized spacial score (nSPS) is 15.1. The second kappa shape index (κ2) is 9.34. The van der Waals surface area contributed by atoms with Crippen molar-refractivity contribution in [2.24, 2.45) is 0 Å². The molecule has 8 nitrogen and oxygen atoms in total. The van der Waals surface area contributed by atoms with Crippen molar-refractivity contribution in [3.8, 4) is 0 Å². The molecule has 2 heterocycles. The molecule has 0 saturated carbocycles. The summed E-state index contributed by atoms with van der Waals surface area (Å²) < 4.78 is 32.2. The Morgan fingerprint density at radius 3 is 2.52 bits per heavy atom. The number of amides is 1. The van der Waals surface area contributed by atoms with Gasteiger partial charge in [0.1, 0.15) is 5.82 Å². The number of anilines is 2. The standard InChI is InChI=1S/C20H26N4O4S/c1-3-23(4-2)19-9-8-17(15-21-19)22-20(25)16-6-5-7-18(14-16)29(26,27)24-10-12-28-13-11-24/h5-9,14-15H,3-4,10-13H2,1-2H3,(H,22,25). The maximum atomic E-state index is 12.8. The Morgan fingerprint density at radius 2 is 1.90 bits per heavy atom. The molecule has 1 saturated heterocycles. The average molecular weight is 419 g/mol. The van der Waals surface area contributed by atoms with Gasteiger partial charge in [-0.15, -0.1) is 0 Å². The van der Waals surface area contributed by atoms with E-state index in [1.807, 2.05) is 6.07 Å². The number of ether oxygens (including phenoxy) is 1. The number of aromatic nitrogens is 1. The first-order chi connectivity index (χ1) is 14.0. The van der Waals surface area contributed by atoms with E-state index in [9.17, 15) is 13.2 Å². The second-order valence-electron chi connectivity index (χ2n) is 6.58. The summed E-state index contributed by atoms with van der Waals surface area (Å²) in [5.41, 5.74) is 0.819. The molecule has 1 aliphatic heterocycles. The number of nitrogens with zero attached hydrogens (tertiary/aromatic N) is 3. The van der Waals surface area contributed by atoms with Crippen molar-refractivity contribution in [1.29, 1.82) is 0 Å². The van der Waals surface area contributed by atoms with Crippen LogP contribution in [0.1, 0.15) is 24.2 Å². The lowest BCUT2D eigenvalue weighted by Gasteiger charge is -2.26. The molecule has 1 aromatic heterocycles. The SMILES string of the molecule is CCN(CC)c1ccc(NC(=O)c2cccc(S(=O)(=O)N3CCOCC3)c2)cn1. The number of pyridine rings is 1. The number of carbonyl (C=O) groups excluding carboxylic acids is 1. The van der Waals surface area contributed by atoms with Gasteiger partial charge in [0, 0.05) is 31.7 Å². The van der Waals surface area contributed by atoms with Crippen LogP contribution in [0.25, 0.3) is 0 Å². The van der Waals surface area contributed by atoms with E-state index in [2.05, 4.69) is 29.0 Å². The highest BCUT2D eigenvalue weighted by Crippen LogP contribution is 2.20. The predicted octanol–water partition coefficient (Wildman–Crippen LogP) is 2.20. The number of benzene rings is 1. The van der Waals surface area contributed by atoms with Crippen molar-refractivity contribution >= 4 is 27.4 Å². The van der Waals surface area contributed by atoms with Gasteiger partial charge in [-0.25, -0.2) is 13.4 Å². The zero-order valence-corrected chi connectivity index (χ0v) is 17.5. The Bertz CT molecular complexity index is 937. The molecular formula is C20H26N4O4S. The summed E-state index contributed by atoms with van der Waals surface area (Å²) in [5.74, 6) is 0.452. The first-order valence-corrected chi connectivity index (χ1v) is 11.1. The van der Waals surface area contributed by atoms with Crippen molar-refractivity contribution in [1.82, 2.24) is 9.29 Å². The third kappa shape index (κ3) is 4.92. The van der Waals surface area contributed by atoms with Gasteiger partial charge in [-0.05, 0) is 44.2 Å². The quantitative estimate of drug-likeness (QED) is 0.741. The molecule has 1 aromatic carbocycles. The largest absolute Gasteiger partial charge is 0.379 e. The van der Waals surface area contributed by atoms with Gasteiger partial charge in [0.25, 0.3) is 5.91 Å². The highest BCUT2D eigenvalue weighted by atomic mass is 32.2. The second-order valence-corrected chi connectivity index (χ2v) is 8.51. The molecule has 2 aromatic rings. The molecule has 0 bridgehead atoms. The first kappa shape index (κ1) is 21.2. The molecular weight excluding hydrogens is 392 g/mol. The molecule has 3 rings (SSSR count). The van der Waals surface area contributed by atoms with Crippen molar-refractivity contribution in [2.45, 2.75) is 18.7 Å². The highest BCUT2D eigenvalue weighted by molar-refractivity contribution is 7.89. The Hall–Kier alpha value is -2.49. The molecule has 1 N–H and O–H groups in total. The summed E-state index contributed by atoms with van der Waals surface area (Å²) >= 11 is 0. The first-order valence-electron chi connectivity index (χ1n) is 9.66. The van der Waals surface area contributed by atoms with Crippen LogP contribution in [0.3, 0.4) is 0 Å². The monoisotopic (exact) mass is 418 g/mol. The van der Waals surface area contributed by atoms with Gasteiger partial charge in [-0.2, -0.15) is 4.31 Å². The minimum Gasteiger partial charge on any atom is -0.379 e. The molecule has 0 radical (unpaired) electrons. The zero-order chi connectivity index (χ0) is 20.9. The van der Waals surface area contributed by atoms with Crippen LogP contribution in [-0.4, -0.2) is 63.0 Å². The van der Waals surface area contributed by atoms with Crippen LogP contribution in [0.15, 0.2) is 47.5 Å². The maximum Gasteiger partial charge on any atom is 0.255 e. The Kier molecular flexibility index (Phi) is 6.83. The van der Waals surface area contributed by atoms with Gasteiger partial charge in [0.05, 0.1) is 30.0 Å². The number of carbonyl (C=O) groups is 1. The van der Waals surface area contributed by atoms with Crippen molar-refractivity contribution in [2.75, 3.05) is 49.6 Å². The van der Waals surface area contributed by atoms with E-state index in [-0.39, 0.29) is 16.4 Å². The summed E-state index contributed by atoms with van der Waals surface area (Å²) in [6.45, 7) is 7.16.